The quantitative estimate of drug-likeness (QED) is 0.312. The Balaban J connectivity index is 1.40. The van der Waals surface area contributed by atoms with Crippen molar-refractivity contribution < 1.29 is 14.6 Å². The molecule has 4 N–H and O–H groups in total. The van der Waals surface area contributed by atoms with Crippen LogP contribution in [0.15, 0.2) is 36.5 Å². The molecule has 1 fully saturated rings. The van der Waals surface area contributed by atoms with E-state index >= 15 is 0 Å². The van der Waals surface area contributed by atoms with E-state index in [-0.39, 0.29) is 11.4 Å². The minimum Gasteiger partial charge on any atom is -0.504 e. The van der Waals surface area contributed by atoms with Crippen molar-refractivity contribution in [2.24, 2.45) is 0 Å². The van der Waals surface area contributed by atoms with Crippen molar-refractivity contribution in [1.29, 1.82) is 0 Å². The molecule has 1 aromatic carbocycles. The number of thiocarbonyl (C=S) groups is 1. The molecule has 150 valence electrons. The fourth-order valence-corrected chi connectivity index (χ4v) is 2.94. The Kier molecular flexibility index (Phi) is 7.18. The molecular formula is C18H24N6O3S. The number of hydrogen-bond donors (Lipinski definition) is 4. The van der Waals surface area contributed by atoms with Gasteiger partial charge in [-0.25, -0.2) is 4.68 Å². The summed E-state index contributed by atoms with van der Waals surface area (Å²) >= 11 is 5.15. The number of hydrogen-bond acceptors (Lipinski definition) is 6. The van der Waals surface area contributed by atoms with Gasteiger partial charge in [-0.1, -0.05) is 18.2 Å². The third-order valence-electron chi connectivity index (χ3n) is 4.26. The zero-order valence-corrected chi connectivity index (χ0v) is 16.2. The minimum absolute atomic E-state index is 0.0912. The first-order chi connectivity index (χ1) is 13.6. The van der Waals surface area contributed by atoms with Gasteiger partial charge >= 0.3 is 0 Å². The lowest BCUT2D eigenvalue weighted by atomic mass is 10.3. The van der Waals surface area contributed by atoms with Crippen molar-refractivity contribution in [3.05, 3.63) is 42.2 Å². The molecule has 0 bridgehead atoms. The maximum absolute atomic E-state index is 12.2. The van der Waals surface area contributed by atoms with E-state index in [1.54, 1.807) is 0 Å². The van der Waals surface area contributed by atoms with Gasteiger partial charge in [0.05, 0.1) is 25.1 Å². The van der Waals surface area contributed by atoms with Gasteiger partial charge < -0.3 is 15.2 Å². The van der Waals surface area contributed by atoms with E-state index in [0.29, 0.717) is 11.7 Å². The number of aromatic hydroxyl groups is 1. The van der Waals surface area contributed by atoms with E-state index in [0.717, 1.165) is 45.0 Å². The number of carbonyl (C=O) groups is 1. The summed E-state index contributed by atoms with van der Waals surface area (Å²) in [5.74, 6) is -0.794. The number of hydrazine groups is 1. The number of carbonyl (C=O) groups excluding carboxylic acids is 1. The summed E-state index contributed by atoms with van der Waals surface area (Å²) < 4.78 is 6.75. The van der Waals surface area contributed by atoms with Gasteiger partial charge in [0.1, 0.15) is 0 Å². The molecule has 9 nitrogen and oxygen atoms in total. The topological polar surface area (TPSA) is 104 Å². The average Bonchev–Trinajstić information content (AvgIpc) is 3.12. The van der Waals surface area contributed by atoms with Crippen LogP contribution < -0.4 is 16.2 Å². The molecule has 0 spiro atoms. The Labute approximate surface area is 168 Å². The molecule has 10 heteroatoms. The third kappa shape index (κ3) is 5.65. The Bertz CT molecular complexity index is 792. The van der Waals surface area contributed by atoms with Gasteiger partial charge in [-0.3, -0.25) is 20.5 Å². The predicted molar refractivity (Wildman–Crippen MR) is 108 cm³/mol. The number of ether oxygens (including phenoxy) is 1. The fraction of sp³-hybridized carbons (Fsp3) is 0.389. The molecule has 2 heterocycles. The van der Waals surface area contributed by atoms with Crippen LogP contribution in [0.3, 0.4) is 0 Å². The molecule has 28 heavy (non-hydrogen) atoms. The average molecular weight is 404 g/mol. The van der Waals surface area contributed by atoms with Crippen LogP contribution in [-0.4, -0.2) is 70.2 Å². The monoisotopic (exact) mass is 404 g/mol. The minimum atomic E-state index is -0.579. The lowest BCUT2D eigenvalue weighted by Crippen LogP contribution is -2.47. The lowest BCUT2D eigenvalue weighted by Gasteiger charge is -2.26. The fourth-order valence-electron chi connectivity index (χ4n) is 2.79. The zero-order valence-electron chi connectivity index (χ0n) is 15.4. The van der Waals surface area contributed by atoms with Crippen LogP contribution in [-0.2, 0) is 4.74 Å². The number of nitrogens with one attached hydrogen (secondary N) is 3. The summed E-state index contributed by atoms with van der Waals surface area (Å²) in [5.41, 5.74) is 5.71. The number of amides is 1. The summed E-state index contributed by atoms with van der Waals surface area (Å²) in [6.45, 7) is 5.14. The van der Waals surface area contributed by atoms with E-state index in [9.17, 15) is 9.90 Å². The normalized spacial score (nSPS) is 14.4. The second-order valence-electron chi connectivity index (χ2n) is 6.29. The number of aromatic nitrogens is 2. The smallest absolute Gasteiger partial charge is 0.294 e. The largest absolute Gasteiger partial charge is 0.504 e. The Hall–Kier alpha value is -2.69. The number of benzene rings is 1. The molecule has 1 aromatic heterocycles. The van der Waals surface area contributed by atoms with Crippen LogP contribution in [0.4, 0.5) is 0 Å². The maximum Gasteiger partial charge on any atom is 0.294 e. The summed E-state index contributed by atoms with van der Waals surface area (Å²) in [6, 6.07) is 9.21. The Morgan fingerprint density at radius 3 is 2.71 bits per heavy atom. The first kappa shape index (κ1) is 20.1. The first-order valence-corrected chi connectivity index (χ1v) is 9.52. The Morgan fingerprint density at radius 1 is 1.21 bits per heavy atom. The molecule has 1 aliphatic heterocycles. The molecule has 0 radical (unpaired) electrons. The van der Waals surface area contributed by atoms with E-state index in [1.807, 2.05) is 30.3 Å². The van der Waals surface area contributed by atoms with Gasteiger partial charge in [0.15, 0.2) is 16.6 Å². The van der Waals surface area contributed by atoms with Crippen molar-refractivity contribution in [3.63, 3.8) is 0 Å². The van der Waals surface area contributed by atoms with Gasteiger partial charge in [-0.15, -0.1) is 0 Å². The highest BCUT2D eigenvalue weighted by Gasteiger charge is 2.17. The molecule has 0 saturated carbocycles. The molecule has 1 saturated heterocycles. The summed E-state index contributed by atoms with van der Waals surface area (Å²) in [4.78, 5) is 14.6. The van der Waals surface area contributed by atoms with Gasteiger partial charge in [0, 0.05) is 19.6 Å². The highest BCUT2D eigenvalue weighted by Crippen LogP contribution is 2.17. The predicted octanol–water partition coefficient (Wildman–Crippen LogP) is 0.409. The van der Waals surface area contributed by atoms with Crippen molar-refractivity contribution in [3.8, 4) is 11.4 Å². The second-order valence-corrected chi connectivity index (χ2v) is 6.69. The molecule has 0 aliphatic carbocycles. The standard InChI is InChI=1S/C18H24N6O3S/c25-15-13-24(14-5-2-1-3-6-14)22-16(15)17(26)20-21-18(28)19-7-4-8-23-9-11-27-12-10-23/h1-3,5-6,13,25H,4,7-12H2,(H,20,26)(H2,19,21,28). The van der Waals surface area contributed by atoms with E-state index in [2.05, 4.69) is 26.2 Å². The van der Waals surface area contributed by atoms with Crippen LogP contribution in [0.25, 0.3) is 5.69 Å². The summed E-state index contributed by atoms with van der Waals surface area (Å²) in [6.07, 6.45) is 2.31. The molecule has 1 amide bonds. The van der Waals surface area contributed by atoms with Gasteiger partial charge in [-0.05, 0) is 37.3 Å². The van der Waals surface area contributed by atoms with Crippen LogP contribution in [0.1, 0.15) is 16.9 Å². The number of para-hydroxylation sites is 1. The van der Waals surface area contributed by atoms with Gasteiger partial charge in [0.2, 0.25) is 0 Å². The summed E-state index contributed by atoms with van der Waals surface area (Å²) in [7, 11) is 0. The van der Waals surface area contributed by atoms with Crippen molar-refractivity contribution in [2.75, 3.05) is 39.4 Å². The lowest BCUT2D eigenvalue weighted by molar-refractivity contribution is 0.0376. The zero-order chi connectivity index (χ0) is 19.8. The van der Waals surface area contributed by atoms with E-state index < -0.39 is 5.91 Å². The van der Waals surface area contributed by atoms with E-state index in [4.69, 9.17) is 17.0 Å². The molecule has 2 aromatic rings. The molecule has 0 atom stereocenters. The van der Waals surface area contributed by atoms with Crippen LogP contribution in [0.2, 0.25) is 0 Å². The van der Waals surface area contributed by atoms with Crippen LogP contribution in [0, 0.1) is 0 Å². The van der Waals surface area contributed by atoms with Gasteiger partial charge in [-0.2, -0.15) is 5.10 Å². The molecular weight excluding hydrogens is 380 g/mol. The Morgan fingerprint density at radius 2 is 1.96 bits per heavy atom. The maximum atomic E-state index is 12.2. The number of rotatable bonds is 6. The molecule has 0 unspecified atom stereocenters. The van der Waals surface area contributed by atoms with Crippen molar-refractivity contribution >= 4 is 23.2 Å². The van der Waals surface area contributed by atoms with Crippen molar-refractivity contribution in [2.45, 2.75) is 6.42 Å². The second kappa shape index (κ2) is 10.0. The van der Waals surface area contributed by atoms with Gasteiger partial charge in [0.25, 0.3) is 5.91 Å². The van der Waals surface area contributed by atoms with Crippen LogP contribution in [0.5, 0.6) is 5.75 Å². The van der Waals surface area contributed by atoms with Crippen LogP contribution >= 0.6 is 12.2 Å². The summed E-state index contributed by atoms with van der Waals surface area (Å²) in [5, 5.41) is 17.4. The van der Waals surface area contributed by atoms with E-state index in [1.165, 1.54) is 10.9 Å². The number of nitrogens with zero attached hydrogens (tertiary/aromatic N) is 3. The molecule has 3 rings (SSSR count). The first-order valence-electron chi connectivity index (χ1n) is 9.12. The molecule has 1 aliphatic rings. The van der Waals surface area contributed by atoms with Crippen molar-refractivity contribution in [1.82, 2.24) is 30.8 Å². The highest BCUT2D eigenvalue weighted by atomic mass is 32.1. The number of morpholine rings is 1. The highest BCUT2D eigenvalue weighted by molar-refractivity contribution is 7.80. The third-order valence-corrected chi connectivity index (χ3v) is 4.51. The SMILES string of the molecule is O=C(NNC(=S)NCCCN1CCOCC1)c1nn(-c2ccccc2)cc1O.